The van der Waals surface area contributed by atoms with Gasteiger partial charge in [-0.15, -0.1) is 0 Å². The lowest BCUT2D eigenvalue weighted by molar-refractivity contribution is 0.192. The summed E-state index contributed by atoms with van der Waals surface area (Å²) in [6, 6.07) is 12.0. The molecule has 1 atom stereocenters. The number of ether oxygens (including phenoxy) is 1. The molecule has 0 aliphatic rings. The molecule has 16 heavy (non-hydrogen) atoms. The summed E-state index contributed by atoms with van der Waals surface area (Å²) < 4.78 is 5.65. The predicted octanol–water partition coefficient (Wildman–Crippen LogP) is 3.29. The molecular formula is C14H16O2. The van der Waals surface area contributed by atoms with Gasteiger partial charge in [-0.25, -0.2) is 0 Å². The van der Waals surface area contributed by atoms with E-state index < -0.39 is 6.10 Å². The second kappa shape index (κ2) is 4.54. The van der Waals surface area contributed by atoms with Crippen molar-refractivity contribution in [2.24, 2.45) is 0 Å². The van der Waals surface area contributed by atoms with Crippen molar-refractivity contribution in [1.29, 1.82) is 0 Å². The smallest absolute Gasteiger partial charge is 0.132 e. The van der Waals surface area contributed by atoms with Gasteiger partial charge in [0, 0.05) is 10.9 Å². The van der Waals surface area contributed by atoms with Crippen LogP contribution in [0.5, 0.6) is 5.75 Å². The minimum absolute atomic E-state index is 0.508. The van der Waals surface area contributed by atoms with Crippen molar-refractivity contribution in [2.75, 3.05) is 6.61 Å². The van der Waals surface area contributed by atoms with E-state index in [1.165, 1.54) is 0 Å². The summed E-state index contributed by atoms with van der Waals surface area (Å²) >= 11 is 0. The Labute approximate surface area is 95.5 Å². The summed E-state index contributed by atoms with van der Waals surface area (Å²) in [5, 5.41) is 11.9. The molecule has 2 nitrogen and oxygen atoms in total. The van der Waals surface area contributed by atoms with Gasteiger partial charge in [0.25, 0.3) is 0 Å². The fourth-order valence-corrected chi connectivity index (χ4v) is 1.89. The van der Waals surface area contributed by atoms with Crippen molar-refractivity contribution in [3.05, 3.63) is 42.0 Å². The Morgan fingerprint density at radius 3 is 2.62 bits per heavy atom. The maximum Gasteiger partial charge on any atom is 0.132 e. The average molecular weight is 216 g/mol. The third-order valence-electron chi connectivity index (χ3n) is 2.65. The van der Waals surface area contributed by atoms with Gasteiger partial charge in [0.05, 0.1) is 12.7 Å². The van der Waals surface area contributed by atoms with Gasteiger partial charge in [-0.05, 0) is 19.2 Å². The molecule has 0 saturated heterocycles. The summed E-state index contributed by atoms with van der Waals surface area (Å²) in [6.45, 7) is 4.31. The van der Waals surface area contributed by atoms with Crippen LogP contribution in [0.25, 0.3) is 10.8 Å². The van der Waals surface area contributed by atoms with Gasteiger partial charge in [0.15, 0.2) is 0 Å². The lowest BCUT2D eigenvalue weighted by Crippen LogP contribution is -2.00. The topological polar surface area (TPSA) is 29.5 Å². The first-order chi connectivity index (χ1) is 7.74. The Morgan fingerprint density at radius 2 is 1.94 bits per heavy atom. The first kappa shape index (κ1) is 11.0. The van der Waals surface area contributed by atoms with Crippen LogP contribution in [0.1, 0.15) is 25.5 Å². The molecule has 2 rings (SSSR count). The standard InChI is InChI=1S/C14H16O2/c1-3-16-14-12(10(2)15)9-8-11-6-4-5-7-13(11)14/h4-10,15H,3H2,1-2H3. The second-order valence-corrected chi connectivity index (χ2v) is 3.81. The van der Waals surface area contributed by atoms with E-state index in [2.05, 4.69) is 0 Å². The van der Waals surface area contributed by atoms with Crippen LogP contribution in [0.2, 0.25) is 0 Å². The van der Waals surface area contributed by atoms with Gasteiger partial charge < -0.3 is 9.84 Å². The predicted molar refractivity (Wildman–Crippen MR) is 65.8 cm³/mol. The third-order valence-corrected chi connectivity index (χ3v) is 2.65. The van der Waals surface area contributed by atoms with Crippen molar-refractivity contribution in [2.45, 2.75) is 20.0 Å². The van der Waals surface area contributed by atoms with Crippen LogP contribution in [-0.4, -0.2) is 11.7 Å². The van der Waals surface area contributed by atoms with Crippen LogP contribution >= 0.6 is 0 Å². The molecule has 2 aromatic carbocycles. The molecule has 0 heterocycles. The number of aliphatic hydroxyl groups is 1. The fraction of sp³-hybridized carbons (Fsp3) is 0.286. The molecule has 0 amide bonds. The summed E-state index contributed by atoms with van der Waals surface area (Å²) in [6.07, 6.45) is -0.508. The lowest BCUT2D eigenvalue weighted by atomic mass is 10.0. The van der Waals surface area contributed by atoms with E-state index in [0.717, 1.165) is 22.1 Å². The van der Waals surface area contributed by atoms with Gasteiger partial charge in [0.1, 0.15) is 5.75 Å². The van der Waals surface area contributed by atoms with E-state index >= 15 is 0 Å². The third kappa shape index (κ3) is 1.89. The van der Waals surface area contributed by atoms with Crippen LogP contribution in [0.3, 0.4) is 0 Å². The zero-order chi connectivity index (χ0) is 11.5. The highest BCUT2D eigenvalue weighted by molar-refractivity contribution is 5.89. The molecule has 0 saturated carbocycles. The van der Waals surface area contributed by atoms with Crippen LogP contribution in [-0.2, 0) is 0 Å². The van der Waals surface area contributed by atoms with Gasteiger partial charge in [-0.2, -0.15) is 0 Å². The summed E-state index contributed by atoms with van der Waals surface area (Å²) in [5.74, 6) is 0.801. The summed E-state index contributed by atoms with van der Waals surface area (Å²) in [7, 11) is 0. The SMILES string of the molecule is CCOc1c(C(C)O)ccc2ccccc12. The van der Waals surface area contributed by atoms with E-state index in [4.69, 9.17) is 4.74 Å². The Hall–Kier alpha value is -1.54. The molecule has 0 bridgehead atoms. The molecular weight excluding hydrogens is 200 g/mol. The van der Waals surface area contributed by atoms with E-state index in [-0.39, 0.29) is 0 Å². The van der Waals surface area contributed by atoms with Crippen LogP contribution in [0.15, 0.2) is 36.4 Å². The molecule has 0 radical (unpaired) electrons. The minimum Gasteiger partial charge on any atom is -0.493 e. The molecule has 1 N–H and O–H groups in total. The quantitative estimate of drug-likeness (QED) is 0.853. The molecule has 84 valence electrons. The largest absolute Gasteiger partial charge is 0.493 e. The van der Waals surface area contributed by atoms with Gasteiger partial charge in [0.2, 0.25) is 0 Å². The molecule has 0 aliphatic heterocycles. The molecule has 0 fully saturated rings. The van der Waals surface area contributed by atoms with E-state index in [0.29, 0.717) is 6.61 Å². The number of fused-ring (bicyclic) bond motifs is 1. The first-order valence-electron chi connectivity index (χ1n) is 5.56. The van der Waals surface area contributed by atoms with Crippen LogP contribution < -0.4 is 4.74 Å². The summed E-state index contributed by atoms with van der Waals surface area (Å²) in [5.41, 5.74) is 0.848. The fourth-order valence-electron chi connectivity index (χ4n) is 1.89. The van der Waals surface area contributed by atoms with Crippen molar-refractivity contribution in [1.82, 2.24) is 0 Å². The highest BCUT2D eigenvalue weighted by Gasteiger charge is 2.12. The zero-order valence-electron chi connectivity index (χ0n) is 9.60. The van der Waals surface area contributed by atoms with E-state index in [1.807, 2.05) is 43.3 Å². The van der Waals surface area contributed by atoms with Crippen LogP contribution in [0, 0.1) is 0 Å². The monoisotopic (exact) mass is 216 g/mol. The highest BCUT2D eigenvalue weighted by Crippen LogP contribution is 2.33. The first-order valence-corrected chi connectivity index (χ1v) is 5.56. The maximum absolute atomic E-state index is 9.71. The van der Waals surface area contributed by atoms with Gasteiger partial charge in [-0.3, -0.25) is 0 Å². The number of aliphatic hydroxyl groups excluding tert-OH is 1. The average Bonchev–Trinajstić information content (AvgIpc) is 2.29. The zero-order valence-corrected chi connectivity index (χ0v) is 9.60. The Morgan fingerprint density at radius 1 is 1.19 bits per heavy atom. The Bertz CT molecular complexity index is 489. The molecule has 2 aromatic rings. The number of hydrogen-bond acceptors (Lipinski definition) is 2. The number of hydrogen-bond donors (Lipinski definition) is 1. The molecule has 0 aliphatic carbocycles. The maximum atomic E-state index is 9.71. The minimum atomic E-state index is -0.508. The van der Waals surface area contributed by atoms with Crippen molar-refractivity contribution in [3.63, 3.8) is 0 Å². The molecule has 1 unspecified atom stereocenters. The molecule has 0 aromatic heterocycles. The second-order valence-electron chi connectivity index (χ2n) is 3.81. The Balaban J connectivity index is 2.68. The van der Waals surface area contributed by atoms with E-state index in [1.54, 1.807) is 6.92 Å². The van der Waals surface area contributed by atoms with Crippen molar-refractivity contribution >= 4 is 10.8 Å². The molecule has 0 spiro atoms. The lowest BCUT2D eigenvalue weighted by Gasteiger charge is -2.15. The number of benzene rings is 2. The van der Waals surface area contributed by atoms with Gasteiger partial charge in [-0.1, -0.05) is 36.4 Å². The highest BCUT2D eigenvalue weighted by atomic mass is 16.5. The van der Waals surface area contributed by atoms with E-state index in [9.17, 15) is 5.11 Å². The molecule has 2 heteroatoms. The van der Waals surface area contributed by atoms with Crippen LogP contribution in [0.4, 0.5) is 0 Å². The Kier molecular flexibility index (Phi) is 3.11. The van der Waals surface area contributed by atoms with Crippen molar-refractivity contribution < 1.29 is 9.84 Å². The van der Waals surface area contributed by atoms with Crippen molar-refractivity contribution in [3.8, 4) is 5.75 Å². The normalized spacial score (nSPS) is 12.7. The number of rotatable bonds is 3. The summed E-state index contributed by atoms with van der Waals surface area (Å²) in [4.78, 5) is 0. The van der Waals surface area contributed by atoms with Gasteiger partial charge >= 0.3 is 0 Å².